The Morgan fingerprint density at radius 2 is 0.804 bits per heavy atom. The fourth-order valence-electron chi connectivity index (χ4n) is 6.66. The average molecular weight is 588 g/mol. The van der Waals surface area contributed by atoms with Crippen molar-refractivity contribution in [2.24, 2.45) is 0 Å². The smallest absolute Gasteiger partial charge is 0.135 e. The highest BCUT2D eigenvalue weighted by Crippen LogP contribution is 2.41. The predicted octanol–water partition coefficient (Wildman–Crippen LogP) is 12.0. The molecule has 0 aliphatic rings. The molecule has 0 spiro atoms. The van der Waals surface area contributed by atoms with Crippen LogP contribution in [0.15, 0.2) is 160 Å². The number of furan rings is 2. The molecular formula is C43H25NO2. The maximum atomic E-state index is 10.7. The SMILES string of the molecule is N#Cc1c(-c2ccc(-c3ccccc3)cc2)cc(-c2ccc3oc4ccccc4c3c2)cc1-c1ccc2oc3ccccc3c2c1. The molecular weight excluding hydrogens is 562 g/mol. The summed E-state index contributed by atoms with van der Waals surface area (Å²) in [6.07, 6.45) is 0. The maximum absolute atomic E-state index is 10.7. The Kier molecular flexibility index (Phi) is 5.88. The van der Waals surface area contributed by atoms with Crippen molar-refractivity contribution in [3.05, 3.63) is 157 Å². The van der Waals surface area contributed by atoms with Gasteiger partial charge < -0.3 is 8.83 Å². The first-order valence-corrected chi connectivity index (χ1v) is 15.3. The van der Waals surface area contributed by atoms with E-state index in [0.29, 0.717) is 5.56 Å². The zero-order chi connectivity index (χ0) is 30.6. The Bertz CT molecular complexity index is 2630. The third-order valence-corrected chi connectivity index (χ3v) is 8.95. The van der Waals surface area contributed by atoms with Crippen molar-refractivity contribution in [1.29, 1.82) is 5.26 Å². The van der Waals surface area contributed by atoms with Crippen LogP contribution in [-0.4, -0.2) is 0 Å². The normalized spacial score (nSPS) is 11.5. The topological polar surface area (TPSA) is 50.1 Å². The van der Waals surface area contributed by atoms with Crippen molar-refractivity contribution in [1.82, 2.24) is 0 Å². The summed E-state index contributed by atoms with van der Waals surface area (Å²) in [4.78, 5) is 0. The zero-order valence-electron chi connectivity index (χ0n) is 24.7. The van der Waals surface area contributed by atoms with E-state index in [9.17, 15) is 5.26 Å². The van der Waals surface area contributed by atoms with Gasteiger partial charge in [0, 0.05) is 32.7 Å². The molecule has 0 bridgehead atoms. The lowest BCUT2D eigenvalue weighted by Gasteiger charge is -2.15. The van der Waals surface area contributed by atoms with E-state index in [-0.39, 0.29) is 0 Å². The van der Waals surface area contributed by atoms with Crippen molar-refractivity contribution in [2.45, 2.75) is 0 Å². The van der Waals surface area contributed by atoms with Crippen molar-refractivity contribution >= 4 is 43.9 Å². The van der Waals surface area contributed by atoms with E-state index in [1.54, 1.807) is 0 Å². The van der Waals surface area contributed by atoms with Gasteiger partial charge in [0.25, 0.3) is 0 Å². The quantitative estimate of drug-likeness (QED) is 0.206. The second-order valence-electron chi connectivity index (χ2n) is 11.6. The zero-order valence-corrected chi connectivity index (χ0v) is 24.7. The van der Waals surface area contributed by atoms with Gasteiger partial charge in [-0.25, -0.2) is 0 Å². The van der Waals surface area contributed by atoms with Crippen molar-refractivity contribution < 1.29 is 8.83 Å². The molecule has 0 unspecified atom stereocenters. The van der Waals surface area contributed by atoms with Gasteiger partial charge in [0.2, 0.25) is 0 Å². The fourth-order valence-corrected chi connectivity index (χ4v) is 6.66. The standard InChI is InChI=1S/C43H25NO2/c44-26-39-35(29-16-14-28(15-17-29)27-8-2-1-3-9-27)24-32(30-18-20-42-37(22-30)33-10-4-6-12-40(33)45-42)25-36(39)31-19-21-43-38(23-31)34-11-5-7-13-41(34)46-43/h1-25H. The van der Waals surface area contributed by atoms with Crippen LogP contribution < -0.4 is 0 Å². The largest absolute Gasteiger partial charge is 0.456 e. The lowest BCUT2D eigenvalue weighted by Crippen LogP contribution is -1.93. The number of benzene rings is 7. The highest BCUT2D eigenvalue weighted by Gasteiger charge is 2.18. The molecule has 214 valence electrons. The molecule has 9 rings (SSSR count). The van der Waals surface area contributed by atoms with Gasteiger partial charge in [-0.05, 0) is 81.9 Å². The van der Waals surface area contributed by atoms with E-state index >= 15 is 0 Å². The van der Waals surface area contributed by atoms with Gasteiger partial charge in [0.05, 0.1) is 5.56 Å². The van der Waals surface area contributed by atoms with E-state index in [4.69, 9.17) is 8.83 Å². The second kappa shape index (κ2) is 10.4. The lowest BCUT2D eigenvalue weighted by atomic mass is 9.87. The molecule has 0 aliphatic carbocycles. The van der Waals surface area contributed by atoms with Crippen LogP contribution in [0.2, 0.25) is 0 Å². The van der Waals surface area contributed by atoms with E-state index in [2.05, 4.69) is 91.0 Å². The maximum Gasteiger partial charge on any atom is 0.135 e. The minimum atomic E-state index is 0.637. The first-order chi connectivity index (χ1) is 22.7. The molecule has 0 N–H and O–H groups in total. The Labute approximate surface area is 265 Å². The number of nitrogens with zero attached hydrogens (tertiary/aromatic N) is 1. The number of para-hydroxylation sites is 2. The van der Waals surface area contributed by atoms with E-state index in [0.717, 1.165) is 88.4 Å². The summed E-state index contributed by atoms with van der Waals surface area (Å²) in [6.45, 7) is 0. The summed E-state index contributed by atoms with van der Waals surface area (Å²) < 4.78 is 12.3. The molecule has 7 aromatic carbocycles. The van der Waals surface area contributed by atoms with Gasteiger partial charge in [-0.3, -0.25) is 0 Å². The molecule has 2 aromatic heterocycles. The van der Waals surface area contributed by atoms with Gasteiger partial charge in [-0.2, -0.15) is 5.26 Å². The van der Waals surface area contributed by atoms with Gasteiger partial charge in [-0.1, -0.05) is 103 Å². The summed E-state index contributed by atoms with van der Waals surface area (Å²) >= 11 is 0. The second-order valence-corrected chi connectivity index (χ2v) is 11.6. The molecule has 3 nitrogen and oxygen atoms in total. The molecule has 0 fully saturated rings. The van der Waals surface area contributed by atoms with Crippen LogP contribution in [0.1, 0.15) is 5.56 Å². The molecule has 0 aliphatic heterocycles. The number of fused-ring (bicyclic) bond motifs is 6. The van der Waals surface area contributed by atoms with Crippen LogP contribution in [-0.2, 0) is 0 Å². The fraction of sp³-hybridized carbons (Fsp3) is 0. The van der Waals surface area contributed by atoms with Crippen molar-refractivity contribution in [3.63, 3.8) is 0 Å². The molecule has 3 heteroatoms. The van der Waals surface area contributed by atoms with Crippen LogP contribution in [0, 0.1) is 11.3 Å². The number of hydrogen-bond donors (Lipinski definition) is 0. The minimum absolute atomic E-state index is 0.637. The Hall–Kier alpha value is -6.37. The van der Waals surface area contributed by atoms with Crippen LogP contribution >= 0.6 is 0 Å². The van der Waals surface area contributed by atoms with Gasteiger partial charge in [-0.15, -0.1) is 0 Å². The highest BCUT2D eigenvalue weighted by molar-refractivity contribution is 6.08. The summed E-state index contributed by atoms with van der Waals surface area (Å²) in [5.41, 5.74) is 12.1. The van der Waals surface area contributed by atoms with Crippen LogP contribution in [0.25, 0.3) is 88.4 Å². The third-order valence-electron chi connectivity index (χ3n) is 8.95. The number of hydrogen-bond acceptors (Lipinski definition) is 3. The molecule has 0 atom stereocenters. The summed E-state index contributed by atoms with van der Waals surface area (Å²) in [7, 11) is 0. The number of rotatable bonds is 4. The van der Waals surface area contributed by atoms with E-state index < -0.39 is 0 Å². The van der Waals surface area contributed by atoms with Crippen LogP contribution in [0.4, 0.5) is 0 Å². The Balaban J connectivity index is 1.28. The summed E-state index contributed by atoms with van der Waals surface area (Å²) in [5, 5.41) is 15.0. The molecule has 2 heterocycles. The number of nitriles is 1. The molecule has 0 amide bonds. The Morgan fingerprint density at radius 1 is 0.348 bits per heavy atom. The van der Waals surface area contributed by atoms with Gasteiger partial charge in [0.1, 0.15) is 28.4 Å². The molecule has 0 radical (unpaired) electrons. The molecule has 46 heavy (non-hydrogen) atoms. The van der Waals surface area contributed by atoms with Gasteiger partial charge >= 0.3 is 0 Å². The summed E-state index contributed by atoms with van der Waals surface area (Å²) in [5.74, 6) is 0. The molecule has 0 saturated heterocycles. The molecule has 0 saturated carbocycles. The third kappa shape index (κ3) is 4.20. The van der Waals surface area contributed by atoms with E-state index in [1.165, 1.54) is 0 Å². The summed E-state index contributed by atoms with van der Waals surface area (Å²) in [6, 6.07) is 54.5. The first kappa shape index (κ1) is 26.1. The highest BCUT2D eigenvalue weighted by atomic mass is 16.3. The van der Waals surface area contributed by atoms with Crippen molar-refractivity contribution in [3.8, 4) is 50.6 Å². The monoisotopic (exact) mass is 587 g/mol. The molecule has 9 aromatic rings. The first-order valence-electron chi connectivity index (χ1n) is 15.3. The predicted molar refractivity (Wildman–Crippen MR) is 187 cm³/mol. The van der Waals surface area contributed by atoms with Gasteiger partial charge in [0.15, 0.2) is 0 Å². The minimum Gasteiger partial charge on any atom is -0.456 e. The Morgan fingerprint density at radius 3 is 1.43 bits per heavy atom. The van der Waals surface area contributed by atoms with Crippen LogP contribution in [0.3, 0.4) is 0 Å². The lowest BCUT2D eigenvalue weighted by molar-refractivity contribution is 0.668. The van der Waals surface area contributed by atoms with Crippen LogP contribution in [0.5, 0.6) is 0 Å². The van der Waals surface area contributed by atoms with E-state index in [1.807, 2.05) is 66.7 Å². The average Bonchev–Trinajstić information content (AvgIpc) is 3.69. The van der Waals surface area contributed by atoms with Crippen molar-refractivity contribution in [2.75, 3.05) is 0 Å².